The highest BCUT2D eigenvalue weighted by molar-refractivity contribution is 5.97. The Bertz CT molecular complexity index is 873. The summed E-state index contributed by atoms with van der Waals surface area (Å²) in [7, 11) is 0. The molecule has 0 saturated carbocycles. The van der Waals surface area contributed by atoms with Crippen LogP contribution in [0.1, 0.15) is 53.1 Å². The topological polar surface area (TPSA) is 66.7 Å². The van der Waals surface area contributed by atoms with Gasteiger partial charge < -0.3 is 14.3 Å². The minimum Gasteiger partial charge on any atom is -0.361 e. The lowest BCUT2D eigenvalue weighted by Crippen LogP contribution is -2.50. The summed E-state index contributed by atoms with van der Waals surface area (Å²) in [5, 5.41) is 3.90. The predicted molar refractivity (Wildman–Crippen MR) is 110 cm³/mol. The lowest BCUT2D eigenvalue weighted by molar-refractivity contribution is -0.145. The van der Waals surface area contributed by atoms with Crippen molar-refractivity contribution in [1.29, 1.82) is 0 Å². The molecule has 6 nitrogen and oxygen atoms in total. The molecule has 1 atom stereocenters. The lowest BCUT2D eigenvalue weighted by Gasteiger charge is -2.39. The van der Waals surface area contributed by atoms with Gasteiger partial charge in [0.15, 0.2) is 0 Å². The summed E-state index contributed by atoms with van der Waals surface area (Å²) in [5.41, 5.74) is 2.05. The van der Waals surface area contributed by atoms with E-state index >= 15 is 0 Å². The molecular formula is C23H29N3O3. The van der Waals surface area contributed by atoms with Crippen molar-refractivity contribution in [2.45, 2.75) is 46.0 Å². The highest BCUT2D eigenvalue weighted by atomic mass is 16.5. The monoisotopic (exact) mass is 395 g/mol. The predicted octanol–water partition coefficient (Wildman–Crippen LogP) is 3.38. The molecule has 0 aliphatic carbocycles. The van der Waals surface area contributed by atoms with Gasteiger partial charge in [-0.1, -0.05) is 35.5 Å². The van der Waals surface area contributed by atoms with Crippen molar-refractivity contribution in [3.05, 3.63) is 52.9 Å². The maximum atomic E-state index is 13.3. The fourth-order valence-electron chi connectivity index (χ4n) is 4.86. The van der Waals surface area contributed by atoms with Gasteiger partial charge in [0.2, 0.25) is 5.91 Å². The van der Waals surface area contributed by atoms with E-state index in [0.29, 0.717) is 30.1 Å². The first kappa shape index (κ1) is 19.7. The van der Waals surface area contributed by atoms with Crippen molar-refractivity contribution in [3.8, 4) is 0 Å². The van der Waals surface area contributed by atoms with E-state index in [1.54, 1.807) is 13.8 Å². The Morgan fingerprint density at radius 2 is 1.97 bits per heavy atom. The average molecular weight is 396 g/mol. The Morgan fingerprint density at radius 1 is 1.17 bits per heavy atom. The number of carbonyl (C=O) groups is 2. The minimum absolute atomic E-state index is 0.0628. The van der Waals surface area contributed by atoms with Crippen molar-refractivity contribution in [3.63, 3.8) is 0 Å². The summed E-state index contributed by atoms with van der Waals surface area (Å²) in [6.07, 6.45) is 4.56. The number of rotatable bonds is 5. The van der Waals surface area contributed by atoms with Gasteiger partial charge in [-0.05, 0) is 51.5 Å². The van der Waals surface area contributed by atoms with Gasteiger partial charge in [-0.2, -0.15) is 0 Å². The number of carbonyl (C=O) groups excluding carboxylic acids is 2. The lowest BCUT2D eigenvalue weighted by atomic mass is 9.78. The summed E-state index contributed by atoms with van der Waals surface area (Å²) in [6.45, 7) is 6.28. The molecule has 154 valence electrons. The number of amides is 2. The first-order valence-corrected chi connectivity index (χ1v) is 10.6. The molecular weight excluding hydrogens is 366 g/mol. The third-order valence-corrected chi connectivity index (χ3v) is 6.45. The zero-order valence-electron chi connectivity index (χ0n) is 17.3. The van der Waals surface area contributed by atoms with E-state index in [4.69, 9.17) is 4.52 Å². The van der Waals surface area contributed by atoms with Gasteiger partial charge >= 0.3 is 0 Å². The van der Waals surface area contributed by atoms with E-state index in [-0.39, 0.29) is 11.8 Å². The maximum Gasteiger partial charge on any atom is 0.259 e. The largest absolute Gasteiger partial charge is 0.361 e. The molecule has 0 unspecified atom stereocenters. The quantitative estimate of drug-likeness (QED) is 0.778. The van der Waals surface area contributed by atoms with Gasteiger partial charge in [0.1, 0.15) is 11.3 Å². The number of aromatic nitrogens is 1. The summed E-state index contributed by atoms with van der Waals surface area (Å²) in [4.78, 5) is 30.2. The molecule has 2 aliphatic heterocycles. The Labute approximate surface area is 171 Å². The molecule has 2 saturated heterocycles. The number of benzene rings is 1. The molecule has 2 aliphatic rings. The van der Waals surface area contributed by atoms with Crippen LogP contribution < -0.4 is 0 Å². The van der Waals surface area contributed by atoms with E-state index in [9.17, 15) is 9.59 Å². The molecule has 2 fully saturated rings. The van der Waals surface area contributed by atoms with Gasteiger partial charge in [-0.15, -0.1) is 0 Å². The highest BCUT2D eigenvalue weighted by Crippen LogP contribution is 2.40. The minimum atomic E-state index is -0.417. The number of piperidine rings is 1. The third kappa shape index (κ3) is 3.80. The first-order valence-electron chi connectivity index (χ1n) is 10.6. The maximum absolute atomic E-state index is 13.3. The van der Waals surface area contributed by atoms with Gasteiger partial charge in [-0.3, -0.25) is 9.59 Å². The van der Waals surface area contributed by atoms with Crippen LogP contribution in [0.4, 0.5) is 0 Å². The number of likely N-dealkylation sites (tertiary alicyclic amines) is 2. The molecule has 2 aromatic rings. The third-order valence-electron chi connectivity index (χ3n) is 6.45. The van der Waals surface area contributed by atoms with Crippen LogP contribution in [0.5, 0.6) is 0 Å². The number of aryl methyl sites for hydroxylation is 3. The fraction of sp³-hybridized carbons (Fsp3) is 0.522. The molecule has 2 amide bonds. The summed E-state index contributed by atoms with van der Waals surface area (Å²) in [6, 6.07) is 10.4. The summed E-state index contributed by atoms with van der Waals surface area (Å²) < 4.78 is 5.16. The van der Waals surface area contributed by atoms with Crippen LogP contribution in [-0.2, 0) is 11.2 Å². The number of nitrogens with zero attached hydrogens (tertiary/aromatic N) is 3. The standard InChI is InChI=1S/C23H29N3O3/c1-17-20(18(2)29-24-17)21(27)26-15-12-23(16-26)11-7-14-25(22(23)28)13-6-10-19-8-4-3-5-9-19/h3-5,8-9H,6-7,10-16H2,1-2H3/t23-/m1/s1. The van der Waals surface area contributed by atoms with Gasteiger partial charge in [-0.25, -0.2) is 0 Å². The van der Waals surface area contributed by atoms with E-state index in [1.165, 1.54) is 5.56 Å². The number of hydrogen-bond donors (Lipinski definition) is 0. The van der Waals surface area contributed by atoms with Crippen molar-refractivity contribution < 1.29 is 14.1 Å². The van der Waals surface area contributed by atoms with E-state index in [0.717, 1.165) is 45.2 Å². The van der Waals surface area contributed by atoms with Crippen LogP contribution in [-0.4, -0.2) is 52.9 Å². The smallest absolute Gasteiger partial charge is 0.259 e. The molecule has 0 radical (unpaired) electrons. The highest BCUT2D eigenvalue weighted by Gasteiger charge is 2.49. The van der Waals surface area contributed by atoms with Crippen molar-refractivity contribution >= 4 is 11.8 Å². The van der Waals surface area contributed by atoms with E-state index in [1.807, 2.05) is 15.9 Å². The second-order valence-electron chi connectivity index (χ2n) is 8.44. The van der Waals surface area contributed by atoms with Crippen LogP contribution in [0.25, 0.3) is 0 Å². The van der Waals surface area contributed by atoms with Crippen LogP contribution in [0.2, 0.25) is 0 Å². The zero-order chi connectivity index (χ0) is 20.4. The first-order chi connectivity index (χ1) is 14.0. The molecule has 3 heterocycles. The van der Waals surface area contributed by atoms with Crippen LogP contribution in [0.15, 0.2) is 34.9 Å². The molecule has 0 N–H and O–H groups in total. The van der Waals surface area contributed by atoms with E-state index in [2.05, 4.69) is 29.4 Å². The normalized spacial score (nSPS) is 21.9. The Morgan fingerprint density at radius 3 is 2.69 bits per heavy atom. The molecule has 1 aromatic carbocycles. The molecule has 6 heteroatoms. The van der Waals surface area contributed by atoms with Crippen molar-refractivity contribution in [1.82, 2.24) is 15.0 Å². The van der Waals surface area contributed by atoms with Crippen molar-refractivity contribution in [2.24, 2.45) is 5.41 Å². The molecule has 4 rings (SSSR count). The van der Waals surface area contributed by atoms with Gasteiger partial charge in [0.25, 0.3) is 5.91 Å². The van der Waals surface area contributed by atoms with Gasteiger partial charge in [0, 0.05) is 26.2 Å². The second kappa shape index (κ2) is 8.01. The Hall–Kier alpha value is -2.63. The van der Waals surface area contributed by atoms with Crippen LogP contribution >= 0.6 is 0 Å². The second-order valence-corrected chi connectivity index (χ2v) is 8.44. The zero-order valence-corrected chi connectivity index (χ0v) is 17.3. The summed E-state index contributed by atoms with van der Waals surface area (Å²) in [5.74, 6) is 0.712. The fourth-order valence-corrected chi connectivity index (χ4v) is 4.86. The van der Waals surface area contributed by atoms with Crippen LogP contribution in [0, 0.1) is 19.3 Å². The van der Waals surface area contributed by atoms with E-state index < -0.39 is 5.41 Å². The van der Waals surface area contributed by atoms with Gasteiger partial charge in [0.05, 0.1) is 11.1 Å². The molecule has 29 heavy (non-hydrogen) atoms. The number of hydrogen-bond acceptors (Lipinski definition) is 4. The molecule has 0 bridgehead atoms. The van der Waals surface area contributed by atoms with Crippen LogP contribution in [0.3, 0.4) is 0 Å². The average Bonchev–Trinajstić information content (AvgIpc) is 3.30. The van der Waals surface area contributed by atoms with Crippen molar-refractivity contribution in [2.75, 3.05) is 26.2 Å². The Kier molecular flexibility index (Phi) is 5.43. The Balaban J connectivity index is 1.39. The summed E-state index contributed by atoms with van der Waals surface area (Å²) >= 11 is 0. The SMILES string of the molecule is Cc1noc(C)c1C(=O)N1CC[C@]2(CCCN(CCCc3ccccc3)C2=O)C1. The molecule has 1 spiro atoms. The molecule has 1 aromatic heterocycles.